The van der Waals surface area contributed by atoms with E-state index in [4.69, 9.17) is 19.4 Å². The summed E-state index contributed by atoms with van der Waals surface area (Å²) in [4.78, 5) is 14.5. The van der Waals surface area contributed by atoms with Gasteiger partial charge in [0, 0.05) is 44.2 Å². The Hall–Kier alpha value is -2.70. The molecule has 6 nitrogen and oxygen atoms in total. The van der Waals surface area contributed by atoms with Gasteiger partial charge in [0.1, 0.15) is 17.8 Å². The molecule has 1 fully saturated rings. The number of fused-ring (bicyclic) bond motifs is 1. The monoisotopic (exact) mass is 378 g/mol. The van der Waals surface area contributed by atoms with Crippen molar-refractivity contribution in [3.63, 3.8) is 0 Å². The lowest BCUT2D eigenvalue weighted by Gasteiger charge is -2.38. The topological polar surface area (TPSA) is 50.7 Å². The van der Waals surface area contributed by atoms with E-state index in [2.05, 4.69) is 28.9 Å². The van der Waals surface area contributed by atoms with Gasteiger partial charge < -0.3 is 14.4 Å². The predicted octanol–water partition coefficient (Wildman–Crippen LogP) is 3.42. The van der Waals surface area contributed by atoms with E-state index in [0.717, 1.165) is 60.0 Å². The van der Waals surface area contributed by atoms with Crippen molar-refractivity contribution in [3.8, 4) is 17.1 Å². The van der Waals surface area contributed by atoms with Crippen LogP contribution < -0.4 is 9.64 Å². The average molecular weight is 378 g/mol. The van der Waals surface area contributed by atoms with Gasteiger partial charge >= 0.3 is 0 Å². The average Bonchev–Trinajstić information content (AvgIpc) is 2.78. The van der Waals surface area contributed by atoms with Gasteiger partial charge in [-0.25, -0.2) is 9.97 Å². The minimum atomic E-state index is 0.138. The number of anilines is 1. The lowest BCUT2D eigenvalue weighted by atomic mass is 10.1. The Kier molecular flexibility index (Phi) is 5.41. The van der Waals surface area contributed by atoms with Crippen molar-refractivity contribution in [2.45, 2.75) is 13.2 Å². The van der Waals surface area contributed by atoms with E-state index in [1.807, 2.05) is 36.4 Å². The number of para-hydroxylation sites is 1. The van der Waals surface area contributed by atoms with Crippen LogP contribution in [0.5, 0.6) is 5.75 Å². The highest BCUT2D eigenvalue weighted by Crippen LogP contribution is 2.29. The summed E-state index contributed by atoms with van der Waals surface area (Å²) in [5.74, 6) is 2.57. The third kappa shape index (κ3) is 3.66. The fourth-order valence-corrected chi connectivity index (χ4v) is 3.62. The summed E-state index contributed by atoms with van der Waals surface area (Å²) in [7, 11) is 3.43. The molecular weight excluding hydrogens is 352 g/mol. The van der Waals surface area contributed by atoms with Gasteiger partial charge in [-0.3, -0.25) is 4.90 Å². The number of piperazine rings is 1. The van der Waals surface area contributed by atoms with Crippen LogP contribution in [-0.2, 0) is 4.74 Å². The van der Waals surface area contributed by atoms with Crippen LogP contribution in [-0.4, -0.2) is 61.5 Å². The highest BCUT2D eigenvalue weighted by molar-refractivity contribution is 5.91. The molecule has 1 atom stereocenters. The lowest BCUT2D eigenvalue weighted by Crippen LogP contribution is -2.50. The lowest BCUT2D eigenvalue weighted by molar-refractivity contribution is -0.0213. The standard InChI is InChI=1S/C22H26N4O2/c1-16(27-2)25-12-14-26(15-13-25)22-19-6-4-5-7-20(19)23-21(24-22)17-8-10-18(28-3)11-9-17/h4-11,16H,12-15H2,1-3H3. The molecule has 0 amide bonds. The van der Waals surface area contributed by atoms with E-state index < -0.39 is 0 Å². The van der Waals surface area contributed by atoms with E-state index in [0.29, 0.717) is 0 Å². The fourth-order valence-electron chi connectivity index (χ4n) is 3.62. The molecule has 0 aliphatic carbocycles. The van der Waals surface area contributed by atoms with Gasteiger partial charge in [0.05, 0.1) is 12.6 Å². The molecule has 1 unspecified atom stereocenters. The minimum absolute atomic E-state index is 0.138. The van der Waals surface area contributed by atoms with Crippen molar-refractivity contribution in [3.05, 3.63) is 48.5 Å². The molecule has 1 aromatic heterocycles. The number of benzene rings is 2. The highest BCUT2D eigenvalue weighted by atomic mass is 16.5. The van der Waals surface area contributed by atoms with Crippen LogP contribution >= 0.6 is 0 Å². The Balaban J connectivity index is 1.69. The third-order valence-electron chi connectivity index (χ3n) is 5.40. The van der Waals surface area contributed by atoms with Crippen LogP contribution in [0.1, 0.15) is 6.92 Å². The van der Waals surface area contributed by atoms with Crippen molar-refractivity contribution in [1.82, 2.24) is 14.9 Å². The first kappa shape index (κ1) is 18.7. The molecule has 6 heteroatoms. The van der Waals surface area contributed by atoms with Crippen molar-refractivity contribution in [2.24, 2.45) is 0 Å². The zero-order valence-corrected chi connectivity index (χ0v) is 16.6. The van der Waals surface area contributed by atoms with Gasteiger partial charge in [-0.2, -0.15) is 0 Å². The van der Waals surface area contributed by atoms with Crippen molar-refractivity contribution >= 4 is 16.7 Å². The Morgan fingerprint density at radius 2 is 1.61 bits per heavy atom. The molecule has 1 aliphatic heterocycles. The SMILES string of the molecule is COc1ccc(-c2nc(N3CCN(C(C)OC)CC3)c3ccccc3n2)cc1. The first-order chi connectivity index (χ1) is 13.7. The maximum absolute atomic E-state index is 5.47. The van der Waals surface area contributed by atoms with Gasteiger partial charge in [-0.15, -0.1) is 0 Å². The van der Waals surface area contributed by atoms with Crippen LogP contribution in [0.2, 0.25) is 0 Å². The van der Waals surface area contributed by atoms with E-state index in [9.17, 15) is 0 Å². The maximum Gasteiger partial charge on any atom is 0.162 e. The number of rotatable bonds is 5. The summed E-state index contributed by atoms with van der Waals surface area (Å²) in [6.07, 6.45) is 0.138. The van der Waals surface area contributed by atoms with Gasteiger partial charge in [0.15, 0.2) is 5.82 Å². The first-order valence-corrected chi connectivity index (χ1v) is 9.62. The summed E-state index contributed by atoms with van der Waals surface area (Å²) in [6.45, 7) is 5.82. The van der Waals surface area contributed by atoms with Crippen LogP contribution in [0.4, 0.5) is 5.82 Å². The Morgan fingerprint density at radius 1 is 0.893 bits per heavy atom. The molecule has 1 saturated heterocycles. The zero-order chi connectivity index (χ0) is 19.5. The van der Waals surface area contributed by atoms with Gasteiger partial charge in [0.2, 0.25) is 0 Å². The summed E-state index contributed by atoms with van der Waals surface area (Å²) in [5.41, 5.74) is 1.95. The molecule has 0 bridgehead atoms. The van der Waals surface area contributed by atoms with Gasteiger partial charge in [-0.05, 0) is 43.3 Å². The van der Waals surface area contributed by atoms with Gasteiger partial charge in [0.25, 0.3) is 0 Å². The molecule has 28 heavy (non-hydrogen) atoms. The van der Waals surface area contributed by atoms with E-state index in [1.165, 1.54) is 0 Å². The number of nitrogens with zero attached hydrogens (tertiary/aromatic N) is 4. The molecule has 0 saturated carbocycles. The van der Waals surface area contributed by atoms with Crippen molar-refractivity contribution in [2.75, 3.05) is 45.3 Å². The van der Waals surface area contributed by atoms with E-state index >= 15 is 0 Å². The smallest absolute Gasteiger partial charge is 0.162 e. The van der Waals surface area contributed by atoms with Gasteiger partial charge in [-0.1, -0.05) is 12.1 Å². The molecule has 0 spiro atoms. The third-order valence-corrected chi connectivity index (χ3v) is 5.40. The Bertz CT molecular complexity index is 937. The molecular formula is C22H26N4O2. The predicted molar refractivity (Wildman–Crippen MR) is 112 cm³/mol. The van der Waals surface area contributed by atoms with Crippen LogP contribution in [0.25, 0.3) is 22.3 Å². The molecule has 3 aromatic rings. The Morgan fingerprint density at radius 3 is 2.29 bits per heavy atom. The van der Waals surface area contributed by atoms with Crippen LogP contribution in [0, 0.1) is 0 Å². The maximum atomic E-state index is 5.47. The molecule has 146 valence electrons. The van der Waals surface area contributed by atoms with Crippen molar-refractivity contribution in [1.29, 1.82) is 0 Å². The number of methoxy groups -OCH3 is 2. The first-order valence-electron chi connectivity index (χ1n) is 9.62. The molecule has 2 aromatic carbocycles. The highest BCUT2D eigenvalue weighted by Gasteiger charge is 2.23. The van der Waals surface area contributed by atoms with Crippen molar-refractivity contribution < 1.29 is 9.47 Å². The summed E-state index contributed by atoms with van der Waals surface area (Å²) in [5, 5.41) is 1.09. The summed E-state index contributed by atoms with van der Waals surface area (Å²) < 4.78 is 10.7. The molecule has 2 heterocycles. The number of ether oxygens (including phenoxy) is 2. The second-order valence-corrected chi connectivity index (χ2v) is 6.97. The van der Waals surface area contributed by atoms with E-state index in [1.54, 1.807) is 14.2 Å². The zero-order valence-electron chi connectivity index (χ0n) is 16.6. The van der Waals surface area contributed by atoms with E-state index in [-0.39, 0.29) is 6.23 Å². The van der Waals surface area contributed by atoms with Crippen LogP contribution in [0.3, 0.4) is 0 Å². The fraction of sp³-hybridized carbons (Fsp3) is 0.364. The quantitative estimate of drug-likeness (QED) is 0.678. The molecule has 0 N–H and O–H groups in total. The minimum Gasteiger partial charge on any atom is -0.497 e. The second kappa shape index (κ2) is 8.12. The molecule has 1 aliphatic rings. The number of hydrogen-bond donors (Lipinski definition) is 0. The molecule has 4 rings (SSSR count). The Labute approximate surface area is 165 Å². The second-order valence-electron chi connectivity index (χ2n) is 6.97. The molecule has 0 radical (unpaired) electrons. The number of hydrogen-bond acceptors (Lipinski definition) is 6. The summed E-state index contributed by atoms with van der Waals surface area (Å²) >= 11 is 0. The van der Waals surface area contributed by atoms with Crippen LogP contribution in [0.15, 0.2) is 48.5 Å². The summed E-state index contributed by atoms with van der Waals surface area (Å²) in [6, 6.07) is 16.1. The largest absolute Gasteiger partial charge is 0.497 e. The number of aromatic nitrogens is 2. The normalized spacial score (nSPS) is 16.3.